The first-order valence-electron chi connectivity index (χ1n) is 5.02. The molecule has 0 fully saturated rings. The van der Waals surface area contributed by atoms with Gasteiger partial charge in [0.05, 0.1) is 19.8 Å². The van der Waals surface area contributed by atoms with Crippen LogP contribution in [0.3, 0.4) is 0 Å². The number of phenols is 1. The minimum atomic E-state index is -0.877. The van der Waals surface area contributed by atoms with Gasteiger partial charge in [-0.25, -0.2) is 4.79 Å². The van der Waals surface area contributed by atoms with Crippen molar-refractivity contribution in [2.24, 2.45) is 0 Å². The summed E-state index contributed by atoms with van der Waals surface area (Å²) in [5, 5.41) is 30.1. The van der Waals surface area contributed by atoms with Crippen LogP contribution in [0.5, 0.6) is 5.75 Å². The number of carbonyl (C=O) groups excluding carboxylic acids is 1. The van der Waals surface area contributed by atoms with E-state index < -0.39 is 12.1 Å². The standard InChI is InChI=1S/C11H15NO5/c1-17-11(16)9-3-2-7(4-10(9)15)12-5-8(14)6-13/h2-4,8,12-15H,5-6H2,1H3. The van der Waals surface area contributed by atoms with E-state index in [1.807, 2.05) is 0 Å². The Morgan fingerprint density at radius 1 is 1.53 bits per heavy atom. The lowest BCUT2D eigenvalue weighted by atomic mass is 10.2. The van der Waals surface area contributed by atoms with Crippen LogP contribution < -0.4 is 5.32 Å². The fourth-order valence-corrected chi connectivity index (χ4v) is 1.22. The fraction of sp³-hybridized carbons (Fsp3) is 0.364. The number of methoxy groups -OCH3 is 1. The summed E-state index contributed by atoms with van der Waals surface area (Å²) in [7, 11) is 1.23. The predicted octanol–water partition coefficient (Wildman–Crippen LogP) is -0.0561. The molecule has 0 amide bonds. The lowest BCUT2D eigenvalue weighted by molar-refractivity contribution is 0.0597. The van der Waals surface area contributed by atoms with Gasteiger partial charge in [0, 0.05) is 18.3 Å². The maximum atomic E-state index is 11.2. The van der Waals surface area contributed by atoms with Gasteiger partial charge >= 0.3 is 5.97 Å². The van der Waals surface area contributed by atoms with Gasteiger partial charge in [0.15, 0.2) is 0 Å². The molecule has 6 nitrogen and oxygen atoms in total. The second kappa shape index (κ2) is 6.07. The molecule has 1 unspecified atom stereocenters. The Labute approximate surface area is 98.5 Å². The molecule has 4 N–H and O–H groups in total. The average Bonchev–Trinajstić information content (AvgIpc) is 2.35. The normalized spacial score (nSPS) is 11.9. The molecule has 0 radical (unpaired) electrons. The maximum Gasteiger partial charge on any atom is 0.341 e. The molecule has 0 aliphatic carbocycles. The van der Waals surface area contributed by atoms with Crippen molar-refractivity contribution >= 4 is 11.7 Å². The van der Waals surface area contributed by atoms with Crippen LogP contribution in [0.4, 0.5) is 5.69 Å². The maximum absolute atomic E-state index is 11.2. The monoisotopic (exact) mass is 241 g/mol. The van der Waals surface area contributed by atoms with Gasteiger partial charge < -0.3 is 25.4 Å². The molecule has 0 saturated carbocycles. The molecule has 1 aromatic carbocycles. The van der Waals surface area contributed by atoms with E-state index in [2.05, 4.69) is 10.1 Å². The van der Waals surface area contributed by atoms with Crippen molar-refractivity contribution in [1.29, 1.82) is 0 Å². The van der Waals surface area contributed by atoms with Crippen LogP contribution in [-0.4, -0.2) is 47.7 Å². The Bertz CT molecular complexity index is 393. The van der Waals surface area contributed by atoms with Crippen molar-refractivity contribution in [2.75, 3.05) is 25.6 Å². The lowest BCUT2D eigenvalue weighted by Crippen LogP contribution is -2.22. The van der Waals surface area contributed by atoms with Crippen molar-refractivity contribution in [1.82, 2.24) is 0 Å². The summed E-state index contributed by atoms with van der Waals surface area (Å²) in [4.78, 5) is 11.2. The van der Waals surface area contributed by atoms with Crippen molar-refractivity contribution in [3.8, 4) is 5.75 Å². The molecular formula is C11H15NO5. The molecule has 1 rings (SSSR count). The van der Waals surface area contributed by atoms with E-state index in [0.29, 0.717) is 5.69 Å². The third kappa shape index (κ3) is 3.61. The number of anilines is 1. The minimum absolute atomic E-state index is 0.0701. The number of hydrogen-bond acceptors (Lipinski definition) is 6. The zero-order valence-corrected chi connectivity index (χ0v) is 9.38. The number of benzene rings is 1. The summed E-state index contributed by atoms with van der Waals surface area (Å²) in [6.45, 7) is -0.202. The van der Waals surface area contributed by atoms with Gasteiger partial charge in [0.1, 0.15) is 11.3 Å². The SMILES string of the molecule is COC(=O)c1ccc(NCC(O)CO)cc1O. The minimum Gasteiger partial charge on any atom is -0.507 e. The van der Waals surface area contributed by atoms with Crippen LogP contribution in [0.1, 0.15) is 10.4 Å². The highest BCUT2D eigenvalue weighted by atomic mass is 16.5. The summed E-state index contributed by atoms with van der Waals surface area (Å²) in [6, 6.07) is 4.32. The predicted molar refractivity (Wildman–Crippen MR) is 61.0 cm³/mol. The van der Waals surface area contributed by atoms with Crippen LogP contribution in [-0.2, 0) is 4.74 Å². The quantitative estimate of drug-likeness (QED) is 0.539. The van der Waals surface area contributed by atoms with Gasteiger partial charge in [-0.15, -0.1) is 0 Å². The molecular weight excluding hydrogens is 226 g/mol. The highest BCUT2D eigenvalue weighted by molar-refractivity contribution is 5.92. The van der Waals surface area contributed by atoms with Crippen molar-refractivity contribution in [3.05, 3.63) is 23.8 Å². The number of aliphatic hydroxyl groups excluding tert-OH is 2. The van der Waals surface area contributed by atoms with Crippen LogP contribution in [0.15, 0.2) is 18.2 Å². The van der Waals surface area contributed by atoms with Gasteiger partial charge in [-0.3, -0.25) is 0 Å². The van der Waals surface area contributed by atoms with Crippen LogP contribution in [0.25, 0.3) is 0 Å². The summed E-state index contributed by atoms with van der Waals surface area (Å²) in [5.41, 5.74) is 0.600. The molecule has 6 heteroatoms. The second-order valence-corrected chi connectivity index (χ2v) is 3.44. The summed E-state index contributed by atoms with van der Waals surface area (Å²) >= 11 is 0. The first-order chi connectivity index (χ1) is 8.08. The number of rotatable bonds is 5. The van der Waals surface area contributed by atoms with E-state index in [1.165, 1.54) is 19.2 Å². The number of carbonyl (C=O) groups is 1. The van der Waals surface area contributed by atoms with Crippen LogP contribution in [0, 0.1) is 0 Å². The summed E-state index contributed by atoms with van der Waals surface area (Å²) in [5.74, 6) is -0.829. The van der Waals surface area contributed by atoms with Gasteiger partial charge in [0.25, 0.3) is 0 Å². The molecule has 0 heterocycles. The third-order valence-electron chi connectivity index (χ3n) is 2.16. The van der Waals surface area contributed by atoms with Crippen molar-refractivity contribution in [3.63, 3.8) is 0 Å². The van der Waals surface area contributed by atoms with E-state index in [-0.39, 0.29) is 24.5 Å². The van der Waals surface area contributed by atoms with E-state index >= 15 is 0 Å². The smallest absolute Gasteiger partial charge is 0.341 e. The molecule has 0 aliphatic heterocycles. The van der Waals surface area contributed by atoms with E-state index in [0.717, 1.165) is 0 Å². The van der Waals surface area contributed by atoms with Gasteiger partial charge in [-0.1, -0.05) is 0 Å². The fourth-order valence-electron chi connectivity index (χ4n) is 1.22. The molecule has 0 saturated heterocycles. The lowest BCUT2D eigenvalue weighted by Gasteiger charge is -2.11. The molecule has 1 aromatic rings. The molecule has 0 aromatic heterocycles. The molecule has 0 spiro atoms. The average molecular weight is 241 g/mol. The number of phenolic OH excluding ortho intramolecular Hbond substituents is 1. The van der Waals surface area contributed by atoms with Crippen LogP contribution >= 0.6 is 0 Å². The highest BCUT2D eigenvalue weighted by Crippen LogP contribution is 2.22. The number of ether oxygens (including phenoxy) is 1. The number of esters is 1. The van der Waals surface area contributed by atoms with E-state index in [9.17, 15) is 9.90 Å². The Morgan fingerprint density at radius 2 is 2.24 bits per heavy atom. The summed E-state index contributed by atoms with van der Waals surface area (Å²) in [6.07, 6.45) is -0.877. The first kappa shape index (κ1) is 13.3. The van der Waals surface area contributed by atoms with E-state index in [1.54, 1.807) is 6.07 Å². The number of nitrogens with one attached hydrogen (secondary N) is 1. The van der Waals surface area contributed by atoms with Crippen molar-refractivity contribution in [2.45, 2.75) is 6.10 Å². The Kier molecular flexibility index (Phi) is 4.74. The van der Waals surface area contributed by atoms with Gasteiger partial charge in [-0.2, -0.15) is 0 Å². The third-order valence-corrected chi connectivity index (χ3v) is 2.16. The number of aliphatic hydroxyl groups is 2. The highest BCUT2D eigenvalue weighted by Gasteiger charge is 2.11. The molecule has 1 atom stereocenters. The topological polar surface area (TPSA) is 99.0 Å². The zero-order valence-electron chi connectivity index (χ0n) is 9.38. The van der Waals surface area contributed by atoms with Crippen LogP contribution in [0.2, 0.25) is 0 Å². The van der Waals surface area contributed by atoms with Gasteiger partial charge in [-0.05, 0) is 12.1 Å². The number of aromatic hydroxyl groups is 1. The van der Waals surface area contributed by atoms with Gasteiger partial charge in [0.2, 0.25) is 0 Å². The Balaban J connectivity index is 2.72. The Morgan fingerprint density at radius 3 is 2.76 bits per heavy atom. The molecule has 0 aliphatic rings. The summed E-state index contributed by atoms with van der Waals surface area (Å²) < 4.78 is 4.48. The number of hydrogen-bond donors (Lipinski definition) is 4. The second-order valence-electron chi connectivity index (χ2n) is 3.44. The largest absolute Gasteiger partial charge is 0.507 e. The van der Waals surface area contributed by atoms with E-state index in [4.69, 9.17) is 10.2 Å². The molecule has 17 heavy (non-hydrogen) atoms. The first-order valence-corrected chi connectivity index (χ1v) is 5.02. The molecule has 0 bridgehead atoms. The zero-order chi connectivity index (χ0) is 12.8. The molecule has 94 valence electrons. The Hall–Kier alpha value is -1.79. The van der Waals surface area contributed by atoms with Crippen molar-refractivity contribution < 1.29 is 24.9 Å².